The molecule has 2 amide bonds. The average molecular weight is 297 g/mol. The van der Waals surface area contributed by atoms with Gasteiger partial charge < -0.3 is 16.0 Å². The molecule has 7 heteroatoms. The molecule has 3 N–H and O–H groups in total. The summed E-state index contributed by atoms with van der Waals surface area (Å²) in [5, 5.41) is 2.44. The first kappa shape index (κ1) is 15.2. The maximum absolute atomic E-state index is 13.5. The lowest BCUT2D eigenvalue weighted by Gasteiger charge is -2.15. The van der Waals surface area contributed by atoms with E-state index >= 15 is 0 Å². The number of benzene rings is 1. The number of nitrogens with zero attached hydrogens (tertiary/aromatic N) is 1. The van der Waals surface area contributed by atoms with Crippen LogP contribution >= 0.6 is 0 Å². The van der Waals surface area contributed by atoms with Crippen LogP contribution in [-0.4, -0.2) is 36.3 Å². The number of amides is 2. The first-order chi connectivity index (χ1) is 9.99. The summed E-state index contributed by atoms with van der Waals surface area (Å²) in [6.45, 7) is 1.59. The highest BCUT2D eigenvalue weighted by Gasteiger charge is 2.18. The minimum atomic E-state index is -0.981. The fourth-order valence-corrected chi connectivity index (χ4v) is 2.24. The Labute approximate surface area is 121 Å². The quantitative estimate of drug-likeness (QED) is 0.822. The number of nitrogen functional groups attached to an aromatic ring is 1. The van der Waals surface area contributed by atoms with E-state index in [9.17, 15) is 18.4 Å². The van der Waals surface area contributed by atoms with Crippen molar-refractivity contribution in [3.8, 4) is 0 Å². The third-order valence-electron chi connectivity index (χ3n) is 3.41. The van der Waals surface area contributed by atoms with Crippen molar-refractivity contribution in [1.82, 2.24) is 10.2 Å². The first-order valence-corrected chi connectivity index (χ1v) is 6.79. The molecule has 1 fully saturated rings. The lowest BCUT2D eigenvalue weighted by atomic mass is 10.1. The molecule has 1 aromatic rings. The normalized spacial score (nSPS) is 14.3. The predicted molar refractivity (Wildman–Crippen MR) is 73.5 cm³/mol. The average Bonchev–Trinajstić information content (AvgIpc) is 2.96. The molecule has 0 unspecified atom stereocenters. The van der Waals surface area contributed by atoms with Gasteiger partial charge in [-0.05, 0) is 18.9 Å². The Hall–Kier alpha value is -2.18. The molecular weight excluding hydrogens is 280 g/mol. The summed E-state index contributed by atoms with van der Waals surface area (Å²) in [6.07, 6.45) is 2.15. The van der Waals surface area contributed by atoms with Crippen LogP contribution in [0.3, 0.4) is 0 Å². The maximum Gasteiger partial charge on any atom is 0.254 e. The van der Waals surface area contributed by atoms with Crippen LogP contribution in [0, 0.1) is 11.6 Å². The SMILES string of the molecule is Nc1cc(C(=O)NCCC(=O)N2CCCC2)c(F)cc1F. The summed E-state index contributed by atoms with van der Waals surface area (Å²) < 4.78 is 26.5. The summed E-state index contributed by atoms with van der Waals surface area (Å²) in [5.74, 6) is -2.64. The van der Waals surface area contributed by atoms with E-state index in [0.717, 1.165) is 32.0 Å². The van der Waals surface area contributed by atoms with Gasteiger partial charge in [-0.2, -0.15) is 0 Å². The Kier molecular flexibility index (Phi) is 4.72. The van der Waals surface area contributed by atoms with Gasteiger partial charge in [0, 0.05) is 32.1 Å². The van der Waals surface area contributed by atoms with Gasteiger partial charge in [-0.15, -0.1) is 0 Å². The highest BCUT2D eigenvalue weighted by Crippen LogP contribution is 2.16. The van der Waals surface area contributed by atoms with E-state index in [4.69, 9.17) is 5.73 Å². The Morgan fingerprint density at radius 2 is 1.86 bits per heavy atom. The molecule has 1 heterocycles. The minimum Gasteiger partial charge on any atom is -0.396 e. The van der Waals surface area contributed by atoms with E-state index in [-0.39, 0.29) is 30.1 Å². The fourth-order valence-electron chi connectivity index (χ4n) is 2.24. The molecule has 21 heavy (non-hydrogen) atoms. The maximum atomic E-state index is 13.5. The summed E-state index contributed by atoms with van der Waals surface area (Å²) >= 11 is 0. The minimum absolute atomic E-state index is 0.0353. The highest BCUT2D eigenvalue weighted by atomic mass is 19.1. The van der Waals surface area contributed by atoms with Gasteiger partial charge >= 0.3 is 0 Å². The summed E-state index contributed by atoms with van der Waals surface area (Å²) in [4.78, 5) is 25.3. The Bertz CT molecular complexity index is 557. The smallest absolute Gasteiger partial charge is 0.254 e. The number of carbonyl (C=O) groups is 2. The van der Waals surface area contributed by atoms with Crippen molar-refractivity contribution in [2.24, 2.45) is 0 Å². The standard InChI is InChI=1S/C14H17F2N3O2/c15-10-8-11(16)12(17)7-9(10)14(21)18-4-3-13(20)19-5-1-2-6-19/h7-8H,1-6,17H2,(H,18,21). The number of hydrogen-bond acceptors (Lipinski definition) is 3. The van der Waals surface area contributed by atoms with E-state index in [0.29, 0.717) is 6.07 Å². The lowest BCUT2D eigenvalue weighted by Crippen LogP contribution is -2.33. The second-order valence-corrected chi connectivity index (χ2v) is 4.95. The molecule has 5 nitrogen and oxygen atoms in total. The lowest BCUT2D eigenvalue weighted by molar-refractivity contribution is -0.129. The van der Waals surface area contributed by atoms with E-state index < -0.39 is 17.5 Å². The molecule has 1 aliphatic rings. The highest BCUT2D eigenvalue weighted by molar-refractivity contribution is 5.95. The number of likely N-dealkylation sites (tertiary alicyclic amines) is 1. The van der Waals surface area contributed by atoms with Crippen LogP contribution in [-0.2, 0) is 4.79 Å². The van der Waals surface area contributed by atoms with Crippen molar-refractivity contribution < 1.29 is 18.4 Å². The number of rotatable bonds is 4. The van der Waals surface area contributed by atoms with Gasteiger partial charge in [-0.25, -0.2) is 8.78 Å². The summed E-state index contributed by atoms with van der Waals surface area (Å²) in [7, 11) is 0. The largest absolute Gasteiger partial charge is 0.396 e. The molecule has 0 aromatic heterocycles. The monoisotopic (exact) mass is 297 g/mol. The third kappa shape index (κ3) is 3.68. The second kappa shape index (κ2) is 6.51. The Morgan fingerprint density at radius 1 is 1.19 bits per heavy atom. The van der Waals surface area contributed by atoms with Crippen LogP contribution in [0.5, 0.6) is 0 Å². The molecule has 0 atom stereocenters. The Morgan fingerprint density at radius 3 is 2.52 bits per heavy atom. The molecule has 1 aliphatic heterocycles. The third-order valence-corrected chi connectivity index (χ3v) is 3.41. The summed E-state index contributed by atoms with van der Waals surface area (Å²) in [5.41, 5.74) is 4.68. The zero-order valence-corrected chi connectivity index (χ0v) is 11.5. The van der Waals surface area contributed by atoms with E-state index in [1.165, 1.54) is 0 Å². The Balaban J connectivity index is 1.87. The molecule has 0 spiro atoms. The topological polar surface area (TPSA) is 75.4 Å². The molecule has 2 rings (SSSR count). The van der Waals surface area contributed by atoms with Gasteiger partial charge in [-0.3, -0.25) is 9.59 Å². The van der Waals surface area contributed by atoms with E-state index in [1.807, 2.05) is 0 Å². The zero-order valence-electron chi connectivity index (χ0n) is 11.5. The fraction of sp³-hybridized carbons (Fsp3) is 0.429. The van der Waals surface area contributed by atoms with E-state index in [2.05, 4.69) is 5.32 Å². The molecule has 114 valence electrons. The van der Waals surface area contributed by atoms with Crippen LogP contribution < -0.4 is 11.1 Å². The number of hydrogen-bond donors (Lipinski definition) is 2. The summed E-state index contributed by atoms with van der Waals surface area (Å²) in [6, 6.07) is 1.52. The molecule has 0 saturated carbocycles. The van der Waals surface area contributed by atoms with Crippen LogP contribution in [0.25, 0.3) is 0 Å². The van der Waals surface area contributed by atoms with Gasteiger partial charge in [0.05, 0.1) is 11.3 Å². The van der Waals surface area contributed by atoms with Crippen LogP contribution in [0.2, 0.25) is 0 Å². The number of nitrogens with one attached hydrogen (secondary N) is 1. The van der Waals surface area contributed by atoms with Gasteiger partial charge in [0.25, 0.3) is 5.91 Å². The number of halogens is 2. The molecular formula is C14H17F2N3O2. The van der Waals surface area contributed by atoms with Crippen LogP contribution in [0.1, 0.15) is 29.6 Å². The number of nitrogens with two attached hydrogens (primary N) is 1. The van der Waals surface area contributed by atoms with Crippen molar-refractivity contribution >= 4 is 17.5 Å². The van der Waals surface area contributed by atoms with Crippen molar-refractivity contribution in [2.45, 2.75) is 19.3 Å². The van der Waals surface area contributed by atoms with Crippen molar-refractivity contribution in [2.75, 3.05) is 25.4 Å². The van der Waals surface area contributed by atoms with E-state index in [1.54, 1.807) is 4.90 Å². The molecule has 0 radical (unpaired) electrons. The second-order valence-electron chi connectivity index (χ2n) is 4.95. The van der Waals surface area contributed by atoms with Crippen molar-refractivity contribution in [3.63, 3.8) is 0 Å². The molecule has 0 bridgehead atoms. The zero-order chi connectivity index (χ0) is 15.4. The van der Waals surface area contributed by atoms with Crippen molar-refractivity contribution in [3.05, 3.63) is 29.3 Å². The number of anilines is 1. The van der Waals surface area contributed by atoms with Gasteiger partial charge in [-0.1, -0.05) is 0 Å². The predicted octanol–water partition coefficient (Wildman–Crippen LogP) is 1.29. The van der Waals surface area contributed by atoms with Gasteiger partial charge in [0.1, 0.15) is 11.6 Å². The van der Waals surface area contributed by atoms with Gasteiger partial charge in [0.15, 0.2) is 0 Å². The molecule has 0 aliphatic carbocycles. The molecule has 1 aromatic carbocycles. The van der Waals surface area contributed by atoms with Crippen LogP contribution in [0.15, 0.2) is 12.1 Å². The van der Waals surface area contributed by atoms with Gasteiger partial charge in [0.2, 0.25) is 5.91 Å². The number of carbonyl (C=O) groups excluding carboxylic acids is 2. The molecule has 1 saturated heterocycles. The van der Waals surface area contributed by atoms with Crippen molar-refractivity contribution in [1.29, 1.82) is 0 Å². The van der Waals surface area contributed by atoms with Crippen LogP contribution in [0.4, 0.5) is 14.5 Å². The first-order valence-electron chi connectivity index (χ1n) is 6.79.